The lowest BCUT2D eigenvalue weighted by molar-refractivity contribution is -0.136. The Morgan fingerprint density at radius 2 is 1.98 bits per heavy atom. The Morgan fingerprint density at radius 3 is 2.77 bits per heavy atom. The predicted molar refractivity (Wildman–Crippen MR) is 150 cm³/mol. The van der Waals surface area contributed by atoms with Crippen molar-refractivity contribution in [1.29, 1.82) is 0 Å². The summed E-state index contributed by atoms with van der Waals surface area (Å²) in [6.07, 6.45) is 0.308. The van der Waals surface area contributed by atoms with Crippen molar-refractivity contribution in [2.75, 3.05) is 45.9 Å². The molecule has 2 amide bonds. The average Bonchev–Trinajstić information content (AvgIpc) is 3.57. The molecule has 3 aliphatic rings. The van der Waals surface area contributed by atoms with Gasteiger partial charge >= 0.3 is 0 Å². The fourth-order valence-corrected chi connectivity index (χ4v) is 8.05. The Kier molecular flexibility index (Phi) is 7.59. The Bertz CT molecular complexity index is 1550. The molecule has 12 nitrogen and oxygen atoms in total. The molecule has 2 fully saturated rings. The minimum absolute atomic E-state index is 0.00239. The summed E-state index contributed by atoms with van der Waals surface area (Å²) in [5, 5.41) is 4.73. The zero-order valence-electron chi connectivity index (χ0n) is 21.6. The lowest BCUT2D eigenvalue weighted by Gasteiger charge is -2.41. The van der Waals surface area contributed by atoms with E-state index in [1.54, 1.807) is 34.1 Å². The van der Waals surface area contributed by atoms with E-state index < -0.39 is 16.1 Å². The molecule has 15 heteroatoms. The van der Waals surface area contributed by atoms with E-state index >= 15 is 0 Å². The maximum atomic E-state index is 13.7. The quantitative estimate of drug-likeness (QED) is 0.388. The first-order valence-electron chi connectivity index (χ1n) is 13.1. The maximum absolute atomic E-state index is 13.7. The second-order valence-electron chi connectivity index (χ2n) is 10.2. The van der Waals surface area contributed by atoms with E-state index in [4.69, 9.17) is 22.1 Å². The molecular weight excluding hydrogens is 578 g/mol. The van der Waals surface area contributed by atoms with Crippen LogP contribution in [0.2, 0.25) is 5.02 Å². The first-order valence-corrected chi connectivity index (χ1v) is 15.7. The van der Waals surface area contributed by atoms with Crippen LogP contribution < -0.4 is 11.1 Å². The molecule has 5 heterocycles. The third-order valence-electron chi connectivity index (χ3n) is 7.56. The van der Waals surface area contributed by atoms with Crippen LogP contribution in [0.3, 0.4) is 0 Å². The van der Waals surface area contributed by atoms with Gasteiger partial charge in [0, 0.05) is 72.9 Å². The van der Waals surface area contributed by atoms with Gasteiger partial charge in [-0.3, -0.25) is 14.9 Å². The monoisotopic (exact) mass is 607 g/mol. The number of hydrogen-bond acceptors (Lipinski definition) is 9. The number of H-pyrrole nitrogens is 1. The summed E-state index contributed by atoms with van der Waals surface area (Å²) in [5.74, 6) is -0.441. The van der Waals surface area contributed by atoms with Gasteiger partial charge in [0.2, 0.25) is 5.91 Å². The van der Waals surface area contributed by atoms with Gasteiger partial charge in [0.05, 0.1) is 31.1 Å². The van der Waals surface area contributed by atoms with E-state index in [0.717, 1.165) is 10.6 Å². The Balaban J connectivity index is 1.27. The molecule has 4 N–H and O–H groups in total. The highest BCUT2D eigenvalue weighted by Crippen LogP contribution is 2.29. The Morgan fingerprint density at radius 1 is 1.18 bits per heavy atom. The summed E-state index contributed by atoms with van der Waals surface area (Å²) in [6.45, 7) is 2.57. The van der Waals surface area contributed by atoms with Crippen molar-refractivity contribution in [2.24, 2.45) is 5.73 Å². The lowest BCUT2D eigenvalue weighted by Crippen LogP contribution is -2.58. The van der Waals surface area contributed by atoms with Crippen molar-refractivity contribution in [1.82, 2.24) is 29.4 Å². The summed E-state index contributed by atoms with van der Waals surface area (Å²) in [5.41, 5.74) is 7.45. The number of ether oxygens (including phenoxy) is 1. The largest absolute Gasteiger partial charge is 0.378 e. The van der Waals surface area contributed by atoms with E-state index in [1.165, 1.54) is 15.6 Å². The van der Waals surface area contributed by atoms with Crippen LogP contribution in [0.4, 0.5) is 0 Å². The SMILES string of the molecule is NC1Cc2nc(C(=O)N3CCN(S(=O)(=O)c4cc5cc(Cl)ccc5[nH]4)CC3CC(=O)N3CCOCC3)sc2CN1. The number of aromatic nitrogens is 2. The number of sulfonamides is 1. The van der Waals surface area contributed by atoms with Gasteiger partial charge in [0.15, 0.2) is 5.01 Å². The molecular formula is C25H30ClN7O5S2. The zero-order chi connectivity index (χ0) is 28.0. The number of rotatable bonds is 5. The average molecular weight is 608 g/mol. The highest BCUT2D eigenvalue weighted by molar-refractivity contribution is 7.89. The molecule has 0 bridgehead atoms. The van der Waals surface area contributed by atoms with E-state index in [9.17, 15) is 18.0 Å². The number of nitrogens with one attached hydrogen (secondary N) is 2. The van der Waals surface area contributed by atoms with Gasteiger partial charge in [-0.2, -0.15) is 4.31 Å². The fraction of sp³-hybridized carbons (Fsp3) is 0.480. The third kappa shape index (κ3) is 5.36. The van der Waals surface area contributed by atoms with Crippen LogP contribution in [0.5, 0.6) is 0 Å². The minimum Gasteiger partial charge on any atom is -0.378 e. The van der Waals surface area contributed by atoms with Gasteiger partial charge in [-0.05, 0) is 24.3 Å². The van der Waals surface area contributed by atoms with Gasteiger partial charge in [-0.25, -0.2) is 13.4 Å². The molecule has 6 rings (SSSR count). The van der Waals surface area contributed by atoms with Crippen LogP contribution in [0.15, 0.2) is 29.3 Å². The smallest absolute Gasteiger partial charge is 0.283 e. The van der Waals surface area contributed by atoms with Gasteiger partial charge in [0.25, 0.3) is 15.9 Å². The number of carbonyl (C=O) groups excluding carboxylic acids is 2. The number of thiazole rings is 1. The summed E-state index contributed by atoms with van der Waals surface area (Å²) in [7, 11) is -3.94. The fourth-order valence-electron chi connectivity index (χ4n) is 5.39. The number of benzene rings is 1. The normalized spacial score (nSPS) is 22.4. The molecule has 0 spiro atoms. The molecule has 3 aliphatic heterocycles. The van der Waals surface area contributed by atoms with Crippen LogP contribution in [0, 0.1) is 0 Å². The zero-order valence-corrected chi connectivity index (χ0v) is 24.0. The maximum Gasteiger partial charge on any atom is 0.283 e. The van der Waals surface area contributed by atoms with Crippen LogP contribution in [-0.2, 0) is 32.5 Å². The van der Waals surface area contributed by atoms with Crippen molar-refractivity contribution < 1.29 is 22.7 Å². The molecule has 0 radical (unpaired) electrons. The topological polar surface area (TPSA) is 154 Å². The molecule has 0 saturated carbocycles. The summed E-state index contributed by atoms with van der Waals surface area (Å²) in [4.78, 5) is 38.8. The van der Waals surface area contributed by atoms with Crippen molar-refractivity contribution >= 4 is 55.7 Å². The predicted octanol–water partition coefficient (Wildman–Crippen LogP) is 0.973. The van der Waals surface area contributed by atoms with Crippen LogP contribution in [0.25, 0.3) is 10.9 Å². The number of piperazine rings is 1. The molecule has 0 aliphatic carbocycles. The van der Waals surface area contributed by atoms with Gasteiger partial charge < -0.3 is 25.3 Å². The van der Waals surface area contributed by atoms with Crippen LogP contribution in [-0.4, -0.2) is 102 Å². The van der Waals surface area contributed by atoms with E-state index in [0.29, 0.717) is 60.2 Å². The number of halogens is 1. The number of carbonyl (C=O) groups is 2. The Hall–Kier alpha value is -2.59. The highest BCUT2D eigenvalue weighted by Gasteiger charge is 2.40. The second kappa shape index (κ2) is 11.0. The van der Waals surface area contributed by atoms with Crippen LogP contribution in [0.1, 0.15) is 26.8 Å². The standard InChI is InChI=1S/C25H30ClN7O5S2/c26-16-1-2-18-15(9-16)10-22(29-18)40(36,37)32-3-4-33(17(14-32)11-23(34)31-5-7-38-8-6-31)25(35)24-30-19-12-21(27)28-13-20(19)39-24/h1-2,9-10,17,21,28-29H,3-8,11-14,27H2. The number of aromatic amines is 1. The van der Waals surface area contributed by atoms with Crippen molar-refractivity contribution in [3.63, 3.8) is 0 Å². The molecule has 3 aromatic rings. The van der Waals surface area contributed by atoms with E-state index in [-0.39, 0.29) is 49.1 Å². The molecule has 2 saturated heterocycles. The number of fused-ring (bicyclic) bond motifs is 2. The van der Waals surface area contributed by atoms with Crippen molar-refractivity contribution in [3.05, 3.63) is 44.9 Å². The number of nitrogens with zero attached hydrogens (tertiary/aromatic N) is 4. The highest BCUT2D eigenvalue weighted by atomic mass is 35.5. The van der Waals surface area contributed by atoms with Crippen molar-refractivity contribution in [2.45, 2.75) is 36.6 Å². The Labute approximate surface area is 240 Å². The second-order valence-corrected chi connectivity index (χ2v) is 13.6. The van der Waals surface area contributed by atoms with Gasteiger partial charge in [-0.1, -0.05) is 11.6 Å². The van der Waals surface area contributed by atoms with Crippen LogP contribution >= 0.6 is 22.9 Å². The van der Waals surface area contributed by atoms with Gasteiger partial charge in [0.1, 0.15) is 5.03 Å². The summed E-state index contributed by atoms with van der Waals surface area (Å²) in [6, 6.07) is 6.01. The number of hydrogen-bond donors (Lipinski definition) is 3. The first kappa shape index (κ1) is 27.6. The number of morpholine rings is 1. The number of amides is 2. The van der Waals surface area contributed by atoms with E-state index in [2.05, 4.69) is 15.3 Å². The molecule has 1 aromatic carbocycles. The molecule has 2 aromatic heterocycles. The summed E-state index contributed by atoms with van der Waals surface area (Å²) >= 11 is 7.41. The first-order chi connectivity index (χ1) is 19.2. The summed E-state index contributed by atoms with van der Waals surface area (Å²) < 4.78 is 34.1. The third-order valence-corrected chi connectivity index (χ3v) is 10.7. The lowest BCUT2D eigenvalue weighted by atomic mass is 10.1. The van der Waals surface area contributed by atoms with Gasteiger partial charge in [-0.15, -0.1) is 11.3 Å². The molecule has 214 valence electrons. The van der Waals surface area contributed by atoms with E-state index in [1.807, 2.05) is 0 Å². The molecule has 40 heavy (non-hydrogen) atoms. The molecule has 2 atom stereocenters. The minimum atomic E-state index is -3.94. The molecule has 2 unspecified atom stereocenters. The van der Waals surface area contributed by atoms with Crippen molar-refractivity contribution in [3.8, 4) is 0 Å². The number of nitrogens with two attached hydrogens (primary N) is 1.